The van der Waals surface area contributed by atoms with Crippen LogP contribution in [-0.4, -0.2) is 38.1 Å². The molecule has 15 heavy (non-hydrogen) atoms. The Hall–Kier alpha value is -0.130. The van der Waals surface area contributed by atoms with Gasteiger partial charge < -0.3 is 5.73 Å². The fraction of sp³-hybridized carbons (Fsp3) is 1.00. The fourth-order valence-electron chi connectivity index (χ4n) is 2.25. The van der Waals surface area contributed by atoms with E-state index < -0.39 is 10.0 Å². The van der Waals surface area contributed by atoms with E-state index >= 15 is 0 Å². The van der Waals surface area contributed by atoms with Gasteiger partial charge in [-0.25, -0.2) is 12.7 Å². The van der Waals surface area contributed by atoms with E-state index in [1.165, 1.54) is 10.7 Å². The molecule has 0 radical (unpaired) electrons. The average molecular weight is 234 g/mol. The first-order chi connectivity index (χ1) is 6.97. The molecule has 5 heteroatoms. The van der Waals surface area contributed by atoms with Crippen LogP contribution < -0.4 is 5.73 Å². The smallest absolute Gasteiger partial charge is 0.215 e. The maximum absolute atomic E-state index is 11.8. The largest absolute Gasteiger partial charge is 0.329 e. The van der Waals surface area contributed by atoms with Gasteiger partial charge in [-0.2, -0.15) is 0 Å². The van der Waals surface area contributed by atoms with Crippen LogP contribution in [0.15, 0.2) is 0 Å². The molecule has 2 N–H and O–H groups in total. The molecule has 2 atom stereocenters. The molecule has 0 spiro atoms. The van der Waals surface area contributed by atoms with Crippen molar-refractivity contribution in [2.75, 3.05) is 19.3 Å². The Bertz CT molecular complexity index is 290. The van der Waals surface area contributed by atoms with Crippen LogP contribution in [0, 0.1) is 5.92 Å². The highest BCUT2D eigenvalue weighted by Crippen LogP contribution is 2.27. The molecule has 0 aromatic heterocycles. The molecule has 90 valence electrons. The minimum Gasteiger partial charge on any atom is -0.329 e. The molecular weight excluding hydrogens is 212 g/mol. The van der Waals surface area contributed by atoms with Crippen molar-refractivity contribution in [1.82, 2.24) is 4.31 Å². The summed E-state index contributed by atoms with van der Waals surface area (Å²) in [5.74, 6) is 0.702. The van der Waals surface area contributed by atoms with Gasteiger partial charge in [0, 0.05) is 19.6 Å². The molecule has 0 aliphatic heterocycles. The Morgan fingerprint density at radius 1 is 1.40 bits per heavy atom. The zero-order chi connectivity index (χ0) is 11.5. The van der Waals surface area contributed by atoms with Crippen LogP contribution in [0.25, 0.3) is 0 Å². The van der Waals surface area contributed by atoms with Gasteiger partial charge in [-0.3, -0.25) is 0 Å². The molecule has 1 aliphatic rings. The van der Waals surface area contributed by atoms with Gasteiger partial charge in [0.1, 0.15) is 0 Å². The molecule has 0 saturated heterocycles. The van der Waals surface area contributed by atoms with Gasteiger partial charge in [0.2, 0.25) is 10.0 Å². The third-order valence-corrected chi connectivity index (χ3v) is 5.16. The van der Waals surface area contributed by atoms with Crippen LogP contribution in [0.5, 0.6) is 0 Å². The third-order valence-electron chi connectivity index (χ3n) is 3.24. The standard InChI is InChI=1S/C10H22N2O2S/c1-9-4-3-5-10(8-9)12(2)15(13,14)7-6-11/h9-10H,3-8,11H2,1-2H3. The van der Waals surface area contributed by atoms with Crippen LogP contribution in [0.4, 0.5) is 0 Å². The minimum absolute atomic E-state index is 0.0639. The van der Waals surface area contributed by atoms with Gasteiger partial charge in [0.15, 0.2) is 0 Å². The topological polar surface area (TPSA) is 63.4 Å². The minimum atomic E-state index is -3.13. The summed E-state index contributed by atoms with van der Waals surface area (Å²) in [6.45, 7) is 2.39. The molecule has 0 aromatic rings. The van der Waals surface area contributed by atoms with Crippen molar-refractivity contribution in [3.63, 3.8) is 0 Å². The molecule has 1 fully saturated rings. The number of hydrogen-bond acceptors (Lipinski definition) is 3. The van der Waals surface area contributed by atoms with Crippen LogP contribution in [-0.2, 0) is 10.0 Å². The highest BCUT2D eigenvalue weighted by atomic mass is 32.2. The van der Waals surface area contributed by atoms with E-state index in [1.807, 2.05) is 0 Å². The Morgan fingerprint density at radius 3 is 2.60 bits per heavy atom. The lowest BCUT2D eigenvalue weighted by Gasteiger charge is -2.33. The second kappa shape index (κ2) is 5.27. The quantitative estimate of drug-likeness (QED) is 0.782. The van der Waals surface area contributed by atoms with Crippen LogP contribution >= 0.6 is 0 Å². The molecule has 0 heterocycles. The molecule has 4 nitrogen and oxygen atoms in total. The van der Waals surface area contributed by atoms with Crippen molar-refractivity contribution < 1.29 is 8.42 Å². The summed E-state index contributed by atoms with van der Waals surface area (Å²) in [5, 5.41) is 0. The number of nitrogens with zero attached hydrogens (tertiary/aromatic N) is 1. The van der Waals surface area contributed by atoms with Gasteiger partial charge >= 0.3 is 0 Å². The molecule has 0 amide bonds. The van der Waals surface area contributed by atoms with Crippen molar-refractivity contribution in [3.05, 3.63) is 0 Å². The monoisotopic (exact) mass is 234 g/mol. The van der Waals surface area contributed by atoms with E-state index in [2.05, 4.69) is 6.92 Å². The molecule has 1 aliphatic carbocycles. The van der Waals surface area contributed by atoms with E-state index in [4.69, 9.17) is 5.73 Å². The molecule has 0 aromatic carbocycles. The highest BCUT2D eigenvalue weighted by Gasteiger charge is 2.29. The Balaban J connectivity index is 2.62. The van der Waals surface area contributed by atoms with Crippen molar-refractivity contribution in [2.45, 2.75) is 38.6 Å². The van der Waals surface area contributed by atoms with E-state index in [-0.39, 0.29) is 18.3 Å². The van der Waals surface area contributed by atoms with Crippen LogP contribution in [0.1, 0.15) is 32.6 Å². The summed E-state index contributed by atoms with van der Waals surface area (Å²) in [6, 6.07) is 0.185. The zero-order valence-electron chi connectivity index (χ0n) is 9.65. The second-order valence-corrected chi connectivity index (χ2v) is 6.69. The molecule has 1 rings (SSSR count). The summed E-state index contributed by atoms with van der Waals surface area (Å²) in [5.41, 5.74) is 5.30. The highest BCUT2D eigenvalue weighted by molar-refractivity contribution is 7.89. The number of nitrogens with two attached hydrogens (primary N) is 1. The van der Waals surface area contributed by atoms with E-state index in [0.29, 0.717) is 5.92 Å². The lowest BCUT2D eigenvalue weighted by Crippen LogP contribution is -2.42. The second-order valence-electron chi connectivity index (χ2n) is 4.55. The maximum Gasteiger partial charge on any atom is 0.215 e. The number of rotatable bonds is 4. The van der Waals surface area contributed by atoms with E-state index in [1.54, 1.807) is 7.05 Å². The number of sulfonamides is 1. The number of hydrogen-bond donors (Lipinski definition) is 1. The average Bonchev–Trinajstić information content (AvgIpc) is 2.16. The summed E-state index contributed by atoms with van der Waals surface area (Å²) in [6.07, 6.45) is 4.33. The van der Waals surface area contributed by atoms with Crippen molar-refractivity contribution in [3.8, 4) is 0 Å². The van der Waals surface area contributed by atoms with Crippen LogP contribution in [0.3, 0.4) is 0 Å². The molecule has 1 saturated carbocycles. The van der Waals surface area contributed by atoms with Gasteiger partial charge in [0.05, 0.1) is 5.75 Å². The van der Waals surface area contributed by atoms with Gasteiger partial charge in [0.25, 0.3) is 0 Å². The molecule has 0 bridgehead atoms. The summed E-state index contributed by atoms with van der Waals surface area (Å²) < 4.78 is 25.1. The predicted molar refractivity (Wildman–Crippen MR) is 62.0 cm³/mol. The first kappa shape index (κ1) is 12.9. The Kier molecular flexibility index (Phi) is 4.55. The van der Waals surface area contributed by atoms with Crippen molar-refractivity contribution in [2.24, 2.45) is 11.7 Å². The maximum atomic E-state index is 11.8. The Morgan fingerprint density at radius 2 is 2.07 bits per heavy atom. The van der Waals surface area contributed by atoms with E-state index in [9.17, 15) is 8.42 Å². The van der Waals surface area contributed by atoms with Gasteiger partial charge in [-0.15, -0.1) is 0 Å². The summed E-state index contributed by atoms with van der Waals surface area (Å²) in [4.78, 5) is 0. The Labute approximate surface area is 92.9 Å². The molecular formula is C10H22N2O2S. The summed E-state index contributed by atoms with van der Waals surface area (Å²) in [7, 11) is -1.44. The first-order valence-corrected chi connectivity index (χ1v) is 7.24. The van der Waals surface area contributed by atoms with Gasteiger partial charge in [-0.05, 0) is 18.8 Å². The van der Waals surface area contributed by atoms with Crippen molar-refractivity contribution in [1.29, 1.82) is 0 Å². The lowest BCUT2D eigenvalue weighted by molar-refractivity contribution is 0.239. The normalized spacial score (nSPS) is 28.3. The first-order valence-electron chi connectivity index (χ1n) is 5.63. The summed E-state index contributed by atoms with van der Waals surface area (Å²) >= 11 is 0. The third kappa shape index (κ3) is 3.43. The fourth-order valence-corrected chi connectivity index (χ4v) is 3.48. The van der Waals surface area contributed by atoms with Gasteiger partial charge in [-0.1, -0.05) is 19.8 Å². The molecule has 2 unspecified atom stereocenters. The zero-order valence-corrected chi connectivity index (χ0v) is 10.5. The van der Waals surface area contributed by atoms with Crippen LogP contribution in [0.2, 0.25) is 0 Å². The predicted octanol–water partition coefficient (Wildman–Crippen LogP) is 0.785. The lowest BCUT2D eigenvalue weighted by atomic mass is 9.87. The van der Waals surface area contributed by atoms with Crippen molar-refractivity contribution >= 4 is 10.0 Å². The van der Waals surface area contributed by atoms with E-state index in [0.717, 1.165) is 19.3 Å². The SMILES string of the molecule is CC1CCCC(N(C)S(=O)(=O)CCN)C1.